The normalized spacial score (nSPS) is 16.2. The number of hydrogen-bond acceptors (Lipinski definition) is 4. The van der Waals surface area contributed by atoms with Crippen molar-refractivity contribution in [1.82, 2.24) is 14.8 Å². The van der Waals surface area contributed by atoms with E-state index in [9.17, 15) is 31.4 Å². The SMILES string of the molecule is OC(c1ccc(-c2ccc(CN3CCN(Cc4ccncc4)CC3)c(Cl)c2)cc1)(C(F)(F)F)C(F)(F)F. The van der Waals surface area contributed by atoms with Crippen molar-refractivity contribution >= 4 is 11.6 Å². The number of rotatable bonds is 6. The summed E-state index contributed by atoms with van der Waals surface area (Å²) >= 11 is 6.48. The highest BCUT2D eigenvalue weighted by molar-refractivity contribution is 6.31. The molecule has 0 radical (unpaired) electrons. The van der Waals surface area contributed by atoms with Gasteiger partial charge in [0.25, 0.3) is 5.60 Å². The first-order valence-electron chi connectivity index (χ1n) is 11.5. The van der Waals surface area contributed by atoms with E-state index in [2.05, 4.69) is 14.8 Å². The number of aliphatic hydroxyl groups is 1. The Balaban J connectivity index is 1.41. The third kappa shape index (κ3) is 5.93. The topological polar surface area (TPSA) is 39.6 Å². The van der Waals surface area contributed by atoms with Crippen molar-refractivity contribution in [2.45, 2.75) is 31.0 Å². The second kappa shape index (κ2) is 10.6. The van der Waals surface area contributed by atoms with E-state index in [1.54, 1.807) is 30.6 Å². The first-order valence-corrected chi connectivity index (χ1v) is 11.8. The van der Waals surface area contributed by atoms with Gasteiger partial charge >= 0.3 is 12.4 Å². The van der Waals surface area contributed by atoms with Gasteiger partial charge in [-0.15, -0.1) is 0 Å². The Kier molecular flexibility index (Phi) is 7.85. The maximum Gasteiger partial charge on any atom is 0.430 e. The van der Waals surface area contributed by atoms with Gasteiger partial charge in [-0.3, -0.25) is 14.8 Å². The van der Waals surface area contributed by atoms with E-state index in [0.29, 0.717) is 34.8 Å². The fourth-order valence-electron chi connectivity index (χ4n) is 4.34. The largest absolute Gasteiger partial charge is 0.430 e. The van der Waals surface area contributed by atoms with Crippen LogP contribution in [0.4, 0.5) is 26.3 Å². The van der Waals surface area contributed by atoms with Crippen molar-refractivity contribution in [3.63, 3.8) is 0 Å². The third-order valence-electron chi connectivity index (χ3n) is 6.52. The minimum atomic E-state index is -5.93. The first kappa shape index (κ1) is 27.4. The summed E-state index contributed by atoms with van der Waals surface area (Å²) in [5.74, 6) is 0. The van der Waals surface area contributed by atoms with Crippen LogP contribution in [-0.4, -0.2) is 58.4 Å². The number of aromatic nitrogens is 1. The number of hydrogen-bond donors (Lipinski definition) is 1. The number of alkyl halides is 6. The van der Waals surface area contributed by atoms with Crippen LogP contribution in [0.3, 0.4) is 0 Å². The van der Waals surface area contributed by atoms with E-state index >= 15 is 0 Å². The highest BCUT2D eigenvalue weighted by atomic mass is 35.5. The van der Waals surface area contributed by atoms with Gasteiger partial charge in [0.2, 0.25) is 0 Å². The highest BCUT2D eigenvalue weighted by Gasteiger charge is 2.71. The maximum atomic E-state index is 13.1. The monoisotopic (exact) mass is 543 g/mol. The number of nitrogens with zero attached hydrogens (tertiary/aromatic N) is 3. The quantitative estimate of drug-likeness (QED) is 0.385. The Hall–Kier alpha value is -2.66. The molecule has 0 saturated carbocycles. The molecule has 0 atom stereocenters. The molecule has 0 unspecified atom stereocenters. The number of piperazine rings is 1. The lowest BCUT2D eigenvalue weighted by atomic mass is 9.90. The summed E-state index contributed by atoms with van der Waals surface area (Å²) in [5, 5.41) is 10.0. The fourth-order valence-corrected chi connectivity index (χ4v) is 4.58. The molecule has 0 amide bonds. The van der Waals surface area contributed by atoms with Crippen molar-refractivity contribution < 1.29 is 31.4 Å². The molecule has 4 rings (SSSR count). The minimum absolute atomic E-state index is 0.369. The molecule has 3 aromatic rings. The van der Waals surface area contributed by atoms with Crippen LogP contribution in [0.25, 0.3) is 11.1 Å². The Morgan fingerprint density at radius 1 is 0.730 bits per heavy atom. The average Bonchev–Trinajstić information content (AvgIpc) is 2.85. The van der Waals surface area contributed by atoms with E-state index in [1.165, 1.54) is 5.56 Å². The zero-order valence-electron chi connectivity index (χ0n) is 19.5. The Bertz CT molecular complexity index is 1180. The van der Waals surface area contributed by atoms with Crippen LogP contribution in [-0.2, 0) is 18.7 Å². The summed E-state index contributed by atoms with van der Waals surface area (Å²) in [6.45, 7) is 4.97. The lowest BCUT2D eigenvalue weighted by Gasteiger charge is -2.35. The zero-order valence-corrected chi connectivity index (χ0v) is 20.3. The Morgan fingerprint density at radius 3 is 1.76 bits per heavy atom. The number of halogens is 7. The van der Waals surface area contributed by atoms with E-state index in [-0.39, 0.29) is 0 Å². The lowest BCUT2D eigenvalue weighted by molar-refractivity contribution is -0.376. The molecule has 0 aliphatic carbocycles. The number of benzene rings is 2. The van der Waals surface area contributed by atoms with E-state index in [4.69, 9.17) is 11.6 Å². The lowest BCUT2D eigenvalue weighted by Crippen LogP contribution is -2.53. The molecular formula is C26H24ClF6N3O. The van der Waals surface area contributed by atoms with Gasteiger partial charge in [0.1, 0.15) is 0 Å². The molecule has 1 aliphatic heterocycles. The van der Waals surface area contributed by atoms with Gasteiger partial charge in [-0.2, -0.15) is 26.3 Å². The second-order valence-corrected chi connectivity index (χ2v) is 9.40. The van der Waals surface area contributed by atoms with Gasteiger partial charge in [-0.25, -0.2) is 0 Å². The smallest absolute Gasteiger partial charge is 0.369 e. The molecule has 1 aromatic heterocycles. The molecule has 1 aliphatic rings. The van der Waals surface area contributed by atoms with Gasteiger partial charge in [0.05, 0.1) is 0 Å². The van der Waals surface area contributed by atoms with Crippen molar-refractivity contribution in [2.75, 3.05) is 26.2 Å². The summed E-state index contributed by atoms with van der Waals surface area (Å²) in [7, 11) is 0. The summed E-state index contributed by atoms with van der Waals surface area (Å²) in [4.78, 5) is 8.66. The van der Waals surface area contributed by atoms with Crippen LogP contribution in [0.2, 0.25) is 5.02 Å². The van der Waals surface area contributed by atoms with Gasteiger partial charge in [0.15, 0.2) is 0 Å². The summed E-state index contributed by atoms with van der Waals surface area (Å²) in [6, 6.07) is 12.6. The maximum absolute atomic E-state index is 13.1. The van der Waals surface area contributed by atoms with Crippen LogP contribution >= 0.6 is 11.6 Å². The Morgan fingerprint density at radius 2 is 1.24 bits per heavy atom. The van der Waals surface area contributed by atoms with Crippen LogP contribution in [0.1, 0.15) is 16.7 Å². The Labute approximate surface area is 215 Å². The molecule has 4 nitrogen and oxygen atoms in total. The second-order valence-electron chi connectivity index (χ2n) is 9.00. The van der Waals surface area contributed by atoms with Crippen LogP contribution in [0.15, 0.2) is 67.0 Å². The minimum Gasteiger partial charge on any atom is -0.369 e. The molecule has 2 aromatic carbocycles. The summed E-state index contributed by atoms with van der Waals surface area (Å²) in [5.41, 5.74) is -3.28. The predicted molar refractivity (Wildman–Crippen MR) is 128 cm³/mol. The van der Waals surface area contributed by atoms with Crippen molar-refractivity contribution in [2.24, 2.45) is 0 Å². The fraction of sp³-hybridized carbons (Fsp3) is 0.346. The average molecular weight is 544 g/mol. The van der Waals surface area contributed by atoms with Crippen molar-refractivity contribution in [3.05, 3.63) is 88.7 Å². The highest BCUT2D eigenvalue weighted by Crippen LogP contribution is 2.50. The van der Waals surface area contributed by atoms with Crippen LogP contribution in [0.5, 0.6) is 0 Å². The molecule has 11 heteroatoms. The van der Waals surface area contributed by atoms with Crippen molar-refractivity contribution in [1.29, 1.82) is 0 Å². The molecular weight excluding hydrogens is 520 g/mol. The number of pyridine rings is 1. The summed E-state index contributed by atoms with van der Waals surface area (Å²) in [6.07, 6.45) is -8.31. The first-order chi connectivity index (χ1) is 17.4. The third-order valence-corrected chi connectivity index (χ3v) is 6.88. The van der Waals surface area contributed by atoms with E-state index < -0.39 is 23.5 Å². The van der Waals surface area contributed by atoms with Crippen LogP contribution in [0, 0.1) is 0 Å². The molecule has 1 fully saturated rings. The molecule has 0 spiro atoms. The summed E-state index contributed by atoms with van der Waals surface area (Å²) < 4.78 is 78.7. The predicted octanol–water partition coefficient (Wildman–Crippen LogP) is 6.03. The molecule has 1 saturated heterocycles. The van der Waals surface area contributed by atoms with Crippen LogP contribution < -0.4 is 0 Å². The standard InChI is InChI=1S/C26H24ClF6N3O/c27-23-15-20(19-3-5-22(6-4-19)24(37,25(28,29)30)26(31,32)33)1-2-21(23)17-36-13-11-35(12-14-36)16-18-7-9-34-10-8-18/h1-10,15,37H,11-14,16-17H2. The van der Waals surface area contributed by atoms with Crippen molar-refractivity contribution in [3.8, 4) is 11.1 Å². The van der Waals surface area contributed by atoms with Gasteiger partial charge in [-0.05, 0) is 40.5 Å². The molecule has 0 bridgehead atoms. The van der Waals surface area contributed by atoms with E-state index in [0.717, 1.165) is 50.4 Å². The van der Waals surface area contributed by atoms with Gasteiger partial charge in [-0.1, -0.05) is 48.0 Å². The molecule has 198 valence electrons. The van der Waals surface area contributed by atoms with Gasteiger partial charge < -0.3 is 5.11 Å². The van der Waals surface area contributed by atoms with Gasteiger partial charge in [0, 0.05) is 62.2 Å². The van der Waals surface area contributed by atoms with E-state index in [1.807, 2.05) is 12.1 Å². The molecule has 37 heavy (non-hydrogen) atoms. The zero-order chi connectivity index (χ0) is 26.8. The molecule has 2 heterocycles. The molecule has 1 N–H and O–H groups in total.